The molecule has 4 rings (SSSR count). The molecule has 0 saturated heterocycles. The largest absolute Gasteiger partial charge is 0.399 e. The van der Waals surface area contributed by atoms with Gasteiger partial charge in [-0.05, 0) is 40.1 Å². The van der Waals surface area contributed by atoms with E-state index in [4.69, 9.17) is 34.8 Å². The Labute approximate surface area is 202 Å². The fourth-order valence-electron chi connectivity index (χ4n) is 3.60. The molecule has 0 aliphatic rings. The molecule has 1 aromatic heterocycles. The zero-order valence-electron chi connectivity index (χ0n) is 16.9. The van der Waals surface area contributed by atoms with Gasteiger partial charge in [-0.1, -0.05) is 83.4 Å². The van der Waals surface area contributed by atoms with Crippen molar-refractivity contribution >= 4 is 51.7 Å². The Morgan fingerprint density at radius 3 is 2.03 bits per heavy atom. The van der Waals surface area contributed by atoms with E-state index in [-0.39, 0.29) is 20.6 Å². The van der Waals surface area contributed by atoms with Crippen LogP contribution in [0.2, 0.25) is 15.1 Å². The topological polar surface area (TPSA) is 4.93 Å². The van der Waals surface area contributed by atoms with E-state index in [2.05, 4.69) is 0 Å². The lowest BCUT2D eigenvalue weighted by molar-refractivity contribution is -0.139. The van der Waals surface area contributed by atoms with Crippen LogP contribution in [0, 0.1) is 5.82 Å². The summed E-state index contributed by atoms with van der Waals surface area (Å²) in [5.41, 5.74) is 0.570. The summed E-state index contributed by atoms with van der Waals surface area (Å²) in [4.78, 5) is 0. The van der Waals surface area contributed by atoms with Crippen LogP contribution in [-0.2, 0) is 6.54 Å². The molecule has 0 N–H and O–H groups in total. The van der Waals surface area contributed by atoms with Crippen LogP contribution in [0.25, 0.3) is 16.8 Å². The van der Waals surface area contributed by atoms with Gasteiger partial charge >= 0.3 is 6.18 Å². The molecule has 0 bridgehead atoms. The Morgan fingerprint density at radius 1 is 0.879 bits per heavy atom. The molecular weight excluding hydrogens is 497 g/mol. The van der Waals surface area contributed by atoms with Crippen molar-refractivity contribution in [3.8, 4) is 0 Å². The zero-order chi connectivity index (χ0) is 23.8. The number of allylic oxidation sites excluding steroid dienone is 1. The van der Waals surface area contributed by atoms with Crippen LogP contribution >= 0.6 is 34.8 Å². The number of hydrogen-bond acceptors (Lipinski definition) is 0. The summed E-state index contributed by atoms with van der Waals surface area (Å²) in [7, 11) is 0. The number of aromatic nitrogens is 1. The van der Waals surface area contributed by atoms with Crippen LogP contribution in [-0.4, -0.2) is 10.7 Å². The minimum absolute atomic E-state index is 0.0137. The number of nitrogens with zero attached hydrogens (tertiary/aromatic N) is 1. The van der Waals surface area contributed by atoms with Gasteiger partial charge in [0.2, 0.25) is 0 Å². The molecule has 3 aromatic carbocycles. The minimum Gasteiger partial charge on any atom is -0.349 e. The SMILES string of the molecule is Fc1cc(/C=C/C(c2cc(Cl)c(Cl)c(Cl)c2)C(F)(F)F)ccc1Cn1cc2ccccc2c1. The van der Waals surface area contributed by atoms with E-state index in [9.17, 15) is 17.6 Å². The molecule has 170 valence electrons. The minimum atomic E-state index is -4.61. The third-order valence-corrected chi connectivity index (χ3v) is 6.43. The molecule has 0 fully saturated rings. The second-order valence-electron chi connectivity index (χ2n) is 7.59. The quantitative estimate of drug-likeness (QED) is 0.186. The maximum Gasteiger partial charge on any atom is 0.399 e. The Hall–Kier alpha value is -2.47. The first-order valence-electron chi connectivity index (χ1n) is 9.84. The predicted molar refractivity (Wildman–Crippen MR) is 127 cm³/mol. The van der Waals surface area contributed by atoms with Gasteiger partial charge in [-0.2, -0.15) is 13.2 Å². The van der Waals surface area contributed by atoms with E-state index in [1.54, 1.807) is 12.1 Å². The summed E-state index contributed by atoms with van der Waals surface area (Å²) in [6.45, 7) is 0.303. The highest BCUT2D eigenvalue weighted by Gasteiger charge is 2.39. The molecular formula is C25H16Cl3F4N. The number of benzene rings is 3. The van der Waals surface area contributed by atoms with Gasteiger partial charge in [0, 0.05) is 24.5 Å². The third-order valence-electron chi connectivity index (χ3n) is 5.23. The second-order valence-corrected chi connectivity index (χ2v) is 8.78. The maximum atomic E-state index is 14.7. The van der Waals surface area contributed by atoms with Crippen LogP contribution in [0.1, 0.15) is 22.6 Å². The molecule has 0 radical (unpaired) electrons. The summed E-state index contributed by atoms with van der Waals surface area (Å²) in [5, 5.41) is 1.92. The summed E-state index contributed by atoms with van der Waals surface area (Å²) in [5.74, 6) is -2.49. The predicted octanol–water partition coefficient (Wildman–Crippen LogP) is 9.15. The first kappa shape index (κ1) is 23.7. The number of fused-ring (bicyclic) bond motifs is 1. The van der Waals surface area contributed by atoms with Crippen LogP contribution in [0.3, 0.4) is 0 Å². The van der Waals surface area contributed by atoms with Gasteiger partial charge in [-0.3, -0.25) is 0 Å². The first-order chi connectivity index (χ1) is 15.6. The Bertz CT molecular complexity index is 1290. The maximum absolute atomic E-state index is 14.7. The smallest absolute Gasteiger partial charge is 0.349 e. The monoisotopic (exact) mass is 511 g/mol. The van der Waals surface area contributed by atoms with Crippen LogP contribution in [0.5, 0.6) is 0 Å². The van der Waals surface area contributed by atoms with Crippen LogP contribution < -0.4 is 0 Å². The molecule has 4 aromatic rings. The number of rotatable bonds is 5. The fraction of sp³-hybridized carbons (Fsp3) is 0.120. The molecule has 0 saturated carbocycles. The highest BCUT2D eigenvalue weighted by Crippen LogP contribution is 2.41. The Morgan fingerprint density at radius 2 is 1.48 bits per heavy atom. The van der Waals surface area contributed by atoms with E-state index < -0.39 is 17.9 Å². The molecule has 0 amide bonds. The van der Waals surface area contributed by atoms with Gasteiger partial charge in [-0.25, -0.2) is 4.39 Å². The van der Waals surface area contributed by atoms with E-state index in [0.717, 1.165) is 29.0 Å². The number of hydrogen-bond donors (Lipinski definition) is 0. The molecule has 0 spiro atoms. The van der Waals surface area contributed by atoms with Crippen molar-refractivity contribution < 1.29 is 17.6 Å². The highest BCUT2D eigenvalue weighted by molar-refractivity contribution is 6.48. The van der Waals surface area contributed by atoms with Crippen molar-refractivity contribution in [2.75, 3.05) is 0 Å². The van der Waals surface area contributed by atoms with Crippen molar-refractivity contribution in [2.45, 2.75) is 18.6 Å². The van der Waals surface area contributed by atoms with Crippen LogP contribution in [0.4, 0.5) is 17.6 Å². The van der Waals surface area contributed by atoms with Crippen molar-refractivity contribution in [3.63, 3.8) is 0 Å². The molecule has 1 nitrogen and oxygen atoms in total. The van der Waals surface area contributed by atoms with Crippen molar-refractivity contribution in [3.05, 3.63) is 111 Å². The van der Waals surface area contributed by atoms with Crippen molar-refractivity contribution in [1.82, 2.24) is 4.57 Å². The number of alkyl halides is 3. The summed E-state index contributed by atoms with van der Waals surface area (Å²) >= 11 is 17.7. The van der Waals surface area contributed by atoms with Gasteiger partial charge in [0.1, 0.15) is 5.82 Å². The standard InChI is InChI=1S/C25H16Cl3F4N/c26-21-10-19(11-22(27)24(21)28)20(25(30,31)32)8-6-15-5-7-18(23(29)9-15)14-33-12-16-3-1-2-4-17(16)13-33/h1-13,20H,14H2/b8-6+. The second kappa shape index (κ2) is 9.41. The average molecular weight is 513 g/mol. The zero-order valence-corrected chi connectivity index (χ0v) is 19.2. The third kappa shape index (κ3) is 5.37. The number of halogens is 7. The van der Waals surface area contributed by atoms with Gasteiger partial charge in [0.15, 0.2) is 0 Å². The van der Waals surface area contributed by atoms with Crippen LogP contribution in [0.15, 0.2) is 73.1 Å². The molecule has 1 unspecified atom stereocenters. The van der Waals surface area contributed by atoms with Gasteiger partial charge < -0.3 is 4.57 Å². The van der Waals surface area contributed by atoms with Gasteiger partial charge in [0.25, 0.3) is 0 Å². The van der Waals surface area contributed by atoms with E-state index >= 15 is 0 Å². The normalized spacial score (nSPS) is 13.2. The van der Waals surface area contributed by atoms with E-state index in [1.807, 2.05) is 41.2 Å². The Balaban J connectivity index is 1.58. The Kier molecular flexibility index (Phi) is 6.76. The highest BCUT2D eigenvalue weighted by atomic mass is 35.5. The summed E-state index contributed by atoms with van der Waals surface area (Å²) in [6, 6.07) is 14.4. The molecule has 0 aliphatic heterocycles. The molecule has 8 heteroatoms. The first-order valence-corrected chi connectivity index (χ1v) is 11.0. The van der Waals surface area contributed by atoms with Gasteiger partial charge in [-0.15, -0.1) is 0 Å². The molecule has 0 aliphatic carbocycles. The fourth-order valence-corrected chi connectivity index (χ4v) is 4.21. The van der Waals surface area contributed by atoms with E-state index in [1.165, 1.54) is 12.1 Å². The van der Waals surface area contributed by atoms with Crippen molar-refractivity contribution in [2.24, 2.45) is 0 Å². The summed E-state index contributed by atoms with van der Waals surface area (Å²) in [6.07, 6.45) is 1.40. The van der Waals surface area contributed by atoms with E-state index in [0.29, 0.717) is 17.7 Å². The summed E-state index contributed by atoms with van der Waals surface area (Å²) < 4.78 is 57.7. The lowest BCUT2D eigenvalue weighted by atomic mass is 9.97. The van der Waals surface area contributed by atoms with Gasteiger partial charge in [0.05, 0.1) is 21.0 Å². The lowest BCUT2D eigenvalue weighted by Gasteiger charge is -2.18. The molecule has 1 atom stereocenters. The van der Waals surface area contributed by atoms with Crippen molar-refractivity contribution in [1.29, 1.82) is 0 Å². The lowest BCUT2D eigenvalue weighted by Crippen LogP contribution is -2.19. The molecule has 1 heterocycles. The average Bonchev–Trinajstić information content (AvgIpc) is 3.15. The molecule has 33 heavy (non-hydrogen) atoms.